The normalized spacial score (nSPS) is 22.5. The van der Waals surface area contributed by atoms with Gasteiger partial charge in [-0.15, -0.1) is 11.3 Å². The van der Waals surface area contributed by atoms with Gasteiger partial charge in [0.1, 0.15) is 16.4 Å². The second kappa shape index (κ2) is 7.74. The molecule has 3 aliphatic rings. The van der Waals surface area contributed by atoms with Gasteiger partial charge in [0.25, 0.3) is 0 Å². The summed E-state index contributed by atoms with van der Waals surface area (Å²) in [6, 6.07) is 3.02. The molecule has 32 heavy (non-hydrogen) atoms. The lowest BCUT2D eigenvalue weighted by atomic mass is 9.68. The molecule has 4 aromatic heterocycles. The van der Waals surface area contributed by atoms with Crippen molar-refractivity contribution < 1.29 is 8.78 Å². The summed E-state index contributed by atoms with van der Waals surface area (Å²) < 4.78 is 29.3. The smallest absolute Gasteiger partial charge is 0.192 e. The number of aromatic nitrogens is 5. The van der Waals surface area contributed by atoms with Crippen LogP contribution in [0, 0.1) is 22.8 Å². The van der Waals surface area contributed by atoms with Crippen molar-refractivity contribution >= 4 is 39.9 Å². The van der Waals surface area contributed by atoms with Crippen LogP contribution in [0.5, 0.6) is 0 Å². The Kier molecular flexibility index (Phi) is 4.83. The van der Waals surface area contributed by atoms with E-state index >= 15 is 4.39 Å². The summed E-state index contributed by atoms with van der Waals surface area (Å²) in [4.78, 5) is 21.0. The predicted molar refractivity (Wildman–Crippen MR) is 121 cm³/mol. The molecule has 0 aliphatic heterocycles. The van der Waals surface area contributed by atoms with E-state index in [1.165, 1.54) is 31.2 Å². The minimum atomic E-state index is -0.569. The highest BCUT2D eigenvalue weighted by Crippen LogP contribution is 2.43. The SMILES string of the molecule is Fc1ccc(-c2nc(-c3c[nH]c4ncc(Cl)nc34)nc(N[C@@H]3CC4CCC3CC4)c2F)s1. The molecule has 1 atom stereocenters. The number of halogens is 3. The monoisotopic (exact) mass is 472 g/mol. The number of nitrogens with zero attached hydrogens (tertiary/aromatic N) is 4. The molecule has 0 unspecified atom stereocenters. The molecule has 7 rings (SSSR count). The number of hydrogen-bond donors (Lipinski definition) is 2. The van der Waals surface area contributed by atoms with Gasteiger partial charge in [0.2, 0.25) is 0 Å². The van der Waals surface area contributed by atoms with Gasteiger partial charge >= 0.3 is 0 Å². The van der Waals surface area contributed by atoms with Crippen LogP contribution in [0.4, 0.5) is 14.6 Å². The molecular formula is C22H19ClF2N6S. The standard InChI is InChI=1S/C22H19ClF2N6S/c23-15-9-27-22-18(29-15)12(8-26-22)20-30-19(14-5-6-16(24)32-14)17(25)21(31-20)28-13-7-10-1-3-11(13)4-2-10/h5-6,8-11,13H,1-4,7H2,(H,26,27)(H,28,30,31)/t10?,11?,13-/m1/s1. The van der Waals surface area contributed by atoms with Gasteiger partial charge in [-0.1, -0.05) is 24.4 Å². The highest BCUT2D eigenvalue weighted by Gasteiger charge is 2.36. The van der Waals surface area contributed by atoms with Gasteiger partial charge in [-0.2, -0.15) is 4.39 Å². The topological polar surface area (TPSA) is 79.4 Å². The summed E-state index contributed by atoms with van der Waals surface area (Å²) in [5.41, 5.74) is 1.65. The summed E-state index contributed by atoms with van der Waals surface area (Å²) in [5.74, 6) is 1.04. The van der Waals surface area contributed by atoms with Gasteiger partial charge in [0.15, 0.2) is 28.2 Å². The zero-order valence-corrected chi connectivity index (χ0v) is 18.5. The highest BCUT2D eigenvalue weighted by atomic mass is 35.5. The van der Waals surface area contributed by atoms with E-state index in [0.717, 1.165) is 30.6 Å². The van der Waals surface area contributed by atoms with Gasteiger partial charge in [-0.3, -0.25) is 0 Å². The summed E-state index contributed by atoms with van der Waals surface area (Å²) in [7, 11) is 0. The third-order valence-corrected chi connectivity index (χ3v) is 7.68. The number of anilines is 1. The van der Waals surface area contributed by atoms with Crippen molar-refractivity contribution in [3.8, 4) is 22.0 Å². The van der Waals surface area contributed by atoms with Crippen molar-refractivity contribution in [1.29, 1.82) is 0 Å². The average Bonchev–Trinajstić information content (AvgIpc) is 3.42. The lowest BCUT2D eigenvalue weighted by Crippen LogP contribution is -2.40. The van der Waals surface area contributed by atoms with E-state index in [1.807, 2.05) is 0 Å². The molecule has 0 saturated heterocycles. The number of aromatic amines is 1. The number of nitrogens with one attached hydrogen (secondary N) is 2. The third kappa shape index (κ3) is 3.44. The molecule has 6 nitrogen and oxygen atoms in total. The molecule has 0 amide bonds. The zero-order valence-electron chi connectivity index (χ0n) is 16.9. The molecule has 164 valence electrons. The van der Waals surface area contributed by atoms with Crippen LogP contribution in [-0.2, 0) is 0 Å². The van der Waals surface area contributed by atoms with E-state index in [4.69, 9.17) is 11.6 Å². The second-order valence-corrected chi connectivity index (χ2v) is 9.94. The molecule has 0 radical (unpaired) electrons. The first-order valence-electron chi connectivity index (χ1n) is 10.6. The number of rotatable bonds is 4. The van der Waals surface area contributed by atoms with Crippen molar-refractivity contribution in [2.45, 2.75) is 38.1 Å². The first kappa shape index (κ1) is 20.0. The van der Waals surface area contributed by atoms with E-state index < -0.39 is 10.9 Å². The van der Waals surface area contributed by atoms with E-state index in [1.54, 1.807) is 6.20 Å². The summed E-state index contributed by atoms with van der Waals surface area (Å²) in [6.45, 7) is 0. The van der Waals surface area contributed by atoms with E-state index in [9.17, 15) is 4.39 Å². The van der Waals surface area contributed by atoms with Crippen LogP contribution >= 0.6 is 22.9 Å². The van der Waals surface area contributed by atoms with E-state index in [2.05, 4.69) is 30.2 Å². The first-order chi connectivity index (χ1) is 15.5. The molecule has 2 bridgehead atoms. The molecular weight excluding hydrogens is 454 g/mol. The minimum Gasteiger partial charge on any atom is -0.364 e. The fourth-order valence-electron chi connectivity index (χ4n) is 5.04. The third-order valence-electron chi connectivity index (χ3n) is 6.62. The maximum atomic E-state index is 15.6. The van der Waals surface area contributed by atoms with Gasteiger partial charge in [0, 0.05) is 12.2 Å². The number of H-pyrrole nitrogens is 1. The Balaban J connectivity index is 1.48. The Hall–Kier alpha value is -2.65. The minimum absolute atomic E-state index is 0.0664. The molecule has 3 saturated carbocycles. The summed E-state index contributed by atoms with van der Waals surface area (Å²) >= 11 is 6.90. The van der Waals surface area contributed by atoms with E-state index in [-0.39, 0.29) is 28.5 Å². The van der Waals surface area contributed by atoms with E-state index in [0.29, 0.717) is 33.4 Å². The van der Waals surface area contributed by atoms with Crippen LogP contribution in [0.2, 0.25) is 5.15 Å². The average molecular weight is 473 g/mol. The van der Waals surface area contributed by atoms with Crippen LogP contribution in [-0.4, -0.2) is 31.0 Å². The highest BCUT2D eigenvalue weighted by molar-refractivity contribution is 7.13. The van der Waals surface area contributed by atoms with Gasteiger partial charge in [0.05, 0.1) is 16.6 Å². The lowest BCUT2D eigenvalue weighted by Gasteiger charge is -2.42. The van der Waals surface area contributed by atoms with Crippen molar-refractivity contribution in [3.63, 3.8) is 0 Å². The Morgan fingerprint density at radius 2 is 1.94 bits per heavy atom. The van der Waals surface area contributed by atoms with Crippen molar-refractivity contribution in [2.24, 2.45) is 11.8 Å². The fourth-order valence-corrected chi connectivity index (χ4v) is 5.89. The van der Waals surface area contributed by atoms with Crippen molar-refractivity contribution in [3.05, 3.63) is 40.6 Å². The lowest BCUT2D eigenvalue weighted by molar-refractivity contribution is 0.157. The molecule has 0 aromatic carbocycles. The maximum Gasteiger partial charge on any atom is 0.192 e. The number of hydrogen-bond acceptors (Lipinski definition) is 6. The van der Waals surface area contributed by atoms with Gasteiger partial charge in [-0.25, -0.2) is 24.3 Å². The van der Waals surface area contributed by atoms with Crippen LogP contribution in [0.1, 0.15) is 32.1 Å². The quantitative estimate of drug-likeness (QED) is 0.377. The van der Waals surface area contributed by atoms with Crippen molar-refractivity contribution in [2.75, 3.05) is 5.32 Å². The molecule has 10 heteroatoms. The van der Waals surface area contributed by atoms with Crippen molar-refractivity contribution in [1.82, 2.24) is 24.9 Å². The molecule has 4 heterocycles. The van der Waals surface area contributed by atoms with Crippen LogP contribution in [0.25, 0.3) is 33.1 Å². The summed E-state index contributed by atoms with van der Waals surface area (Å²) in [6.07, 6.45) is 8.94. The largest absolute Gasteiger partial charge is 0.364 e. The zero-order chi connectivity index (χ0) is 21.8. The Labute approximate surface area is 191 Å². The first-order valence-corrected chi connectivity index (χ1v) is 11.8. The van der Waals surface area contributed by atoms with Gasteiger partial charge < -0.3 is 10.3 Å². The van der Waals surface area contributed by atoms with Crippen LogP contribution in [0.15, 0.2) is 24.5 Å². The molecule has 0 spiro atoms. The predicted octanol–water partition coefficient (Wildman–Crippen LogP) is 6.07. The Bertz CT molecular complexity index is 1310. The molecule has 3 fully saturated rings. The second-order valence-electron chi connectivity index (χ2n) is 8.52. The molecule has 4 aromatic rings. The number of fused-ring (bicyclic) bond motifs is 4. The Morgan fingerprint density at radius 1 is 1.09 bits per heavy atom. The van der Waals surface area contributed by atoms with Crippen LogP contribution < -0.4 is 5.32 Å². The summed E-state index contributed by atoms with van der Waals surface area (Å²) in [5, 5.41) is 3.21. The Morgan fingerprint density at radius 3 is 2.66 bits per heavy atom. The molecule has 3 aliphatic carbocycles. The molecule has 2 N–H and O–H groups in total. The van der Waals surface area contributed by atoms with Crippen LogP contribution in [0.3, 0.4) is 0 Å². The number of thiophene rings is 1. The maximum absolute atomic E-state index is 15.6. The fraction of sp³-hybridized carbons (Fsp3) is 0.364. The van der Waals surface area contributed by atoms with Gasteiger partial charge in [-0.05, 0) is 43.2 Å².